The van der Waals surface area contributed by atoms with Crippen molar-refractivity contribution in [3.8, 4) is 0 Å². The molecule has 17 heavy (non-hydrogen) atoms. The third-order valence-corrected chi connectivity index (χ3v) is 2.81. The van der Waals surface area contributed by atoms with Gasteiger partial charge in [-0.25, -0.2) is 0 Å². The maximum absolute atomic E-state index is 11.4. The van der Waals surface area contributed by atoms with E-state index in [-0.39, 0.29) is 16.9 Å². The van der Waals surface area contributed by atoms with Crippen LogP contribution in [0.25, 0.3) is 0 Å². The van der Waals surface area contributed by atoms with Crippen LogP contribution in [0.15, 0.2) is 35.2 Å². The van der Waals surface area contributed by atoms with Crippen molar-refractivity contribution in [1.29, 1.82) is 0 Å². The van der Waals surface area contributed by atoms with Gasteiger partial charge < -0.3 is 11.1 Å². The molecule has 4 N–H and O–H groups in total. The zero-order valence-corrected chi connectivity index (χ0v) is 9.91. The lowest BCUT2D eigenvalue weighted by molar-refractivity contribution is -0.112. The van der Waals surface area contributed by atoms with Crippen LogP contribution in [0.4, 0.5) is 11.4 Å². The third-order valence-electron chi connectivity index (χ3n) is 1.92. The lowest BCUT2D eigenvalue weighted by Gasteiger charge is -2.09. The fourth-order valence-corrected chi connectivity index (χ4v) is 1.77. The molecule has 6 nitrogen and oxygen atoms in total. The van der Waals surface area contributed by atoms with Gasteiger partial charge in [-0.05, 0) is 25.1 Å². The van der Waals surface area contributed by atoms with Crippen LogP contribution in [0.2, 0.25) is 0 Å². The van der Waals surface area contributed by atoms with Gasteiger partial charge in [0.15, 0.2) is 0 Å². The van der Waals surface area contributed by atoms with Gasteiger partial charge in [-0.3, -0.25) is 9.35 Å². The number of amides is 1. The van der Waals surface area contributed by atoms with Crippen molar-refractivity contribution >= 4 is 27.4 Å². The smallest absolute Gasteiger partial charge is 0.296 e. The van der Waals surface area contributed by atoms with Gasteiger partial charge >= 0.3 is 0 Å². The second-order valence-electron chi connectivity index (χ2n) is 3.47. The van der Waals surface area contributed by atoms with E-state index >= 15 is 0 Å². The van der Waals surface area contributed by atoms with Gasteiger partial charge in [0.2, 0.25) is 0 Å². The molecule has 1 aromatic rings. The molecule has 0 aliphatic rings. The number of nitrogen functional groups attached to an aromatic ring is 1. The zero-order chi connectivity index (χ0) is 13.2. The van der Waals surface area contributed by atoms with Crippen LogP contribution < -0.4 is 11.1 Å². The van der Waals surface area contributed by atoms with E-state index < -0.39 is 20.9 Å². The number of anilines is 2. The van der Waals surface area contributed by atoms with Gasteiger partial charge in [0.25, 0.3) is 16.0 Å². The maximum atomic E-state index is 11.4. The number of rotatable bonds is 3. The number of hydrogen-bond donors (Lipinski definition) is 3. The lowest BCUT2D eigenvalue weighted by Crippen LogP contribution is -2.15. The molecule has 0 unspecified atom stereocenters. The summed E-state index contributed by atoms with van der Waals surface area (Å²) in [5.41, 5.74) is 5.73. The molecule has 0 bridgehead atoms. The molecule has 0 saturated carbocycles. The molecule has 1 rings (SSSR count). The van der Waals surface area contributed by atoms with E-state index in [1.165, 1.54) is 19.1 Å². The predicted octanol–water partition coefficient (Wildman–Crippen LogP) is 1.03. The lowest BCUT2D eigenvalue weighted by atomic mass is 10.2. The Morgan fingerprint density at radius 3 is 2.53 bits per heavy atom. The van der Waals surface area contributed by atoms with Crippen molar-refractivity contribution in [2.75, 3.05) is 11.1 Å². The maximum Gasteiger partial charge on any atom is 0.296 e. The highest BCUT2D eigenvalue weighted by Gasteiger charge is 2.17. The van der Waals surface area contributed by atoms with E-state index in [1.807, 2.05) is 0 Å². The number of nitrogens with two attached hydrogens (primary N) is 1. The average molecular weight is 256 g/mol. The predicted molar refractivity (Wildman–Crippen MR) is 64.1 cm³/mol. The molecule has 0 radical (unpaired) electrons. The summed E-state index contributed by atoms with van der Waals surface area (Å²) >= 11 is 0. The van der Waals surface area contributed by atoms with Crippen molar-refractivity contribution in [3.05, 3.63) is 30.4 Å². The van der Waals surface area contributed by atoms with Crippen LogP contribution in [0.5, 0.6) is 0 Å². The highest BCUT2D eigenvalue weighted by Crippen LogP contribution is 2.24. The molecule has 0 fully saturated rings. The normalized spacial score (nSPS) is 10.9. The zero-order valence-electron chi connectivity index (χ0n) is 9.10. The van der Waals surface area contributed by atoms with Crippen LogP contribution in [0.3, 0.4) is 0 Å². The Morgan fingerprint density at radius 1 is 1.47 bits per heavy atom. The highest BCUT2D eigenvalue weighted by atomic mass is 32.2. The Hall–Kier alpha value is -1.86. The molecule has 7 heteroatoms. The van der Waals surface area contributed by atoms with Crippen LogP contribution >= 0.6 is 0 Å². The molecule has 0 aliphatic carbocycles. The first-order chi connectivity index (χ1) is 7.71. The largest absolute Gasteiger partial charge is 0.399 e. The Labute approximate surface area is 98.9 Å². The van der Waals surface area contributed by atoms with Crippen LogP contribution in [-0.2, 0) is 14.9 Å². The number of benzene rings is 1. The third kappa shape index (κ3) is 3.30. The number of carbonyl (C=O) groups is 1. The van der Waals surface area contributed by atoms with Gasteiger partial charge in [0.1, 0.15) is 4.90 Å². The van der Waals surface area contributed by atoms with Crippen molar-refractivity contribution < 1.29 is 17.8 Å². The molecule has 0 atom stereocenters. The van der Waals surface area contributed by atoms with E-state index in [0.717, 1.165) is 6.07 Å². The highest BCUT2D eigenvalue weighted by molar-refractivity contribution is 7.86. The van der Waals surface area contributed by atoms with E-state index in [2.05, 4.69) is 11.9 Å². The summed E-state index contributed by atoms with van der Waals surface area (Å²) in [4.78, 5) is 10.9. The van der Waals surface area contributed by atoms with Crippen molar-refractivity contribution in [1.82, 2.24) is 0 Å². The summed E-state index contributed by atoms with van der Waals surface area (Å²) in [5, 5.41) is 2.31. The van der Waals surface area contributed by atoms with E-state index in [1.54, 1.807) is 0 Å². The molecular weight excluding hydrogens is 244 g/mol. The van der Waals surface area contributed by atoms with Crippen LogP contribution in [0.1, 0.15) is 6.92 Å². The summed E-state index contributed by atoms with van der Waals surface area (Å²) in [6.45, 7) is 4.88. The summed E-state index contributed by atoms with van der Waals surface area (Å²) in [6.07, 6.45) is 0. The van der Waals surface area contributed by atoms with Gasteiger partial charge in [0.05, 0.1) is 5.69 Å². The molecule has 0 heterocycles. The van der Waals surface area contributed by atoms with Crippen molar-refractivity contribution in [2.24, 2.45) is 0 Å². The van der Waals surface area contributed by atoms with E-state index in [9.17, 15) is 13.2 Å². The van der Waals surface area contributed by atoms with Crippen LogP contribution in [0, 0.1) is 0 Å². The summed E-state index contributed by atoms with van der Waals surface area (Å²) in [5.74, 6) is -0.542. The van der Waals surface area contributed by atoms with E-state index in [0.29, 0.717) is 0 Å². The second-order valence-corrected chi connectivity index (χ2v) is 4.86. The van der Waals surface area contributed by atoms with E-state index in [4.69, 9.17) is 10.3 Å². The Balaban J connectivity index is 3.26. The summed E-state index contributed by atoms with van der Waals surface area (Å²) in [6, 6.07) is 3.76. The molecule has 0 aromatic heterocycles. The minimum Gasteiger partial charge on any atom is -0.399 e. The van der Waals surface area contributed by atoms with Gasteiger partial charge in [-0.1, -0.05) is 6.58 Å². The minimum absolute atomic E-state index is 0.0466. The molecule has 92 valence electrons. The van der Waals surface area contributed by atoms with Crippen LogP contribution in [-0.4, -0.2) is 18.9 Å². The fraction of sp³-hybridized carbons (Fsp3) is 0.100. The van der Waals surface area contributed by atoms with Crippen molar-refractivity contribution in [3.63, 3.8) is 0 Å². The first-order valence-electron chi connectivity index (χ1n) is 4.55. The first kappa shape index (κ1) is 13.2. The number of nitrogens with one attached hydrogen (secondary N) is 1. The topological polar surface area (TPSA) is 109 Å². The fourth-order valence-electron chi connectivity index (χ4n) is 1.08. The molecule has 0 saturated heterocycles. The standard InChI is InChI=1S/C10H12N2O4S/c1-6(2)10(13)12-8-4-3-7(11)5-9(8)17(14,15)16/h3-5H,1,11H2,2H3,(H,12,13)(H,14,15,16). The quantitative estimate of drug-likeness (QED) is 0.425. The Kier molecular flexibility index (Phi) is 3.54. The molecule has 1 amide bonds. The monoisotopic (exact) mass is 256 g/mol. The van der Waals surface area contributed by atoms with Gasteiger partial charge in [-0.2, -0.15) is 8.42 Å². The molecule has 0 spiro atoms. The Morgan fingerprint density at radius 2 is 2.06 bits per heavy atom. The summed E-state index contributed by atoms with van der Waals surface area (Å²) in [7, 11) is -4.45. The van der Waals surface area contributed by atoms with Gasteiger partial charge in [-0.15, -0.1) is 0 Å². The van der Waals surface area contributed by atoms with Crippen molar-refractivity contribution in [2.45, 2.75) is 11.8 Å². The molecular formula is C10H12N2O4S. The van der Waals surface area contributed by atoms with Gasteiger partial charge in [0, 0.05) is 11.3 Å². The Bertz CT molecular complexity index is 578. The SMILES string of the molecule is C=C(C)C(=O)Nc1ccc(N)cc1S(=O)(=O)O. The molecule has 1 aromatic carbocycles. The number of hydrogen-bond acceptors (Lipinski definition) is 4. The summed E-state index contributed by atoms with van der Waals surface area (Å²) < 4.78 is 31.2. The number of carbonyl (C=O) groups excluding carboxylic acids is 1. The second kappa shape index (κ2) is 4.56. The average Bonchev–Trinajstić information content (AvgIpc) is 2.18. The minimum atomic E-state index is -4.45. The molecule has 0 aliphatic heterocycles. The first-order valence-corrected chi connectivity index (χ1v) is 5.99.